The Balaban J connectivity index is 1.66. The van der Waals surface area contributed by atoms with E-state index in [1.165, 1.54) is 17.4 Å². The molecule has 2 aromatic carbocycles. The van der Waals surface area contributed by atoms with Gasteiger partial charge in [-0.1, -0.05) is 48.5 Å². The van der Waals surface area contributed by atoms with Gasteiger partial charge >= 0.3 is 0 Å². The van der Waals surface area contributed by atoms with Crippen molar-refractivity contribution >= 4 is 11.8 Å². The number of amides is 2. The molecule has 1 heterocycles. The molecule has 0 bridgehead atoms. The minimum absolute atomic E-state index is 0.133. The van der Waals surface area contributed by atoms with Crippen LogP contribution < -0.4 is 10.6 Å². The van der Waals surface area contributed by atoms with E-state index in [0.29, 0.717) is 0 Å². The summed E-state index contributed by atoms with van der Waals surface area (Å²) >= 11 is 0. The van der Waals surface area contributed by atoms with Crippen molar-refractivity contribution in [3.8, 4) is 0 Å². The van der Waals surface area contributed by atoms with Crippen molar-refractivity contribution in [2.45, 2.75) is 26.3 Å². The van der Waals surface area contributed by atoms with Crippen molar-refractivity contribution in [1.82, 2.24) is 10.6 Å². The zero-order valence-corrected chi connectivity index (χ0v) is 16.1. The maximum Gasteiger partial charge on any atom is 0.286 e. The lowest BCUT2D eigenvalue weighted by Gasteiger charge is -2.21. The summed E-state index contributed by atoms with van der Waals surface area (Å²) in [6.45, 7) is 4.36. The Kier molecular flexibility index (Phi) is 6.27. The lowest BCUT2D eigenvalue weighted by atomic mass is 9.95. The van der Waals surface area contributed by atoms with Crippen LogP contribution in [-0.4, -0.2) is 18.4 Å². The van der Waals surface area contributed by atoms with Gasteiger partial charge in [0.15, 0.2) is 5.76 Å². The standard InChI is InChI=1S/C23H24N2O3/c1-16-10-11-19(15-17(16)2)22(18-7-4-3-5-8-18)25-21(26)12-13-24-23(27)20-9-6-14-28-20/h3-11,14-15,22H,12-13H2,1-2H3,(H,24,27)(H,25,26)/t22-/m1/s1. The molecule has 3 aromatic rings. The second-order valence-electron chi connectivity index (χ2n) is 6.74. The molecule has 0 saturated carbocycles. The normalized spacial score (nSPS) is 11.6. The molecule has 3 rings (SSSR count). The highest BCUT2D eigenvalue weighted by Gasteiger charge is 2.17. The van der Waals surface area contributed by atoms with Crippen molar-refractivity contribution in [3.05, 3.63) is 94.9 Å². The first-order valence-electron chi connectivity index (χ1n) is 9.28. The predicted octanol–water partition coefficient (Wildman–Crippen LogP) is 3.92. The third-order valence-corrected chi connectivity index (χ3v) is 4.69. The van der Waals surface area contributed by atoms with Crippen LogP contribution in [0.2, 0.25) is 0 Å². The van der Waals surface area contributed by atoms with Gasteiger partial charge < -0.3 is 15.1 Å². The lowest BCUT2D eigenvalue weighted by molar-refractivity contribution is -0.121. The van der Waals surface area contributed by atoms with Crippen LogP contribution in [0.5, 0.6) is 0 Å². The van der Waals surface area contributed by atoms with Gasteiger partial charge in [-0.05, 0) is 48.2 Å². The largest absolute Gasteiger partial charge is 0.459 e. The summed E-state index contributed by atoms with van der Waals surface area (Å²) < 4.78 is 5.04. The molecule has 0 aliphatic heterocycles. The van der Waals surface area contributed by atoms with Crippen LogP contribution in [0.4, 0.5) is 0 Å². The fourth-order valence-corrected chi connectivity index (χ4v) is 2.97. The molecular formula is C23H24N2O3. The van der Waals surface area contributed by atoms with Gasteiger partial charge in [0.1, 0.15) is 0 Å². The maximum atomic E-state index is 12.5. The average molecular weight is 376 g/mol. The molecule has 28 heavy (non-hydrogen) atoms. The molecule has 0 saturated heterocycles. The van der Waals surface area contributed by atoms with E-state index in [0.717, 1.165) is 11.1 Å². The number of furan rings is 1. The molecule has 144 valence electrons. The Hall–Kier alpha value is -3.34. The number of nitrogens with one attached hydrogen (secondary N) is 2. The minimum Gasteiger partial charge on any atom is -0.459 e. The van der Waals surface area contributed by atoms with Gasteiger partial charge in [-0.2, -0.15) is 0 Å². The smallest absolute Gasteiger partial charge is 0.286 e. The molecule has 2 amide bonds. The summed E-state index contributed by atoms with van der Waals surface area (Å²) in [6, 6.07) is 19.1. The van der Waals surface area contributed by atoms with E-state index in [1.807, 2.05) is 36.4 Å². The third-order valence-electron chi connectivity index (χ3n) is 4.69. The van der Waals surface area contributed by atoms with Crippen LogP contribution in [-0.2, 0) is 4.79 Å². The first-order chi connectivity index (χ1) is 13.5. The molecule has 0 aliphatic rings. The Morgan fingerprint density at radius 1 is 0.929 bits per heavy atom. The van der Waals surface area contributed by atoms with Crippen LogP contribution in [0.25, 0.3) is 0 Å². The van der Waals surface area contributed by atoms with Gasteiger partial charge in [0.25, 0.3) is 5.91 Å². The van der Waals surface area contributed by atoms with E-state index in [4.69, 9.17) is 4.42 Å². The zero-order valence-electron chi connectivity index (χ0n) is 16.1. The number of rotatable bonds is 7. The predicted molar refractivity (Wildman–Crippen MR) is 108 cm³/mol. The molecule has 0 spiro atoms. The zero-order chi connectivity index (χ0) is 19.9. The Morgan fingerprint density at radius 3 is 2.39 bits per heavy atom. The number of carbonyl (C=O) groups excluding carboxylic acids is 2. The van der Waals surface area contributed by atoms with Crippen molar-refractivity contribution in [2.24, 2.45) is 0 Å². The monoisotopic (exact) mass is 376 g/mol. The summed E-state index contributed by atoms with van der Waals surface area (Å²) in [6.07, 6.45) is 1.62. The minimum atomic E-state index is -0.327. The van der Waals surface area contributed by atoms with Crippen LogP contribution >= 0.6 is 0 Å². The number of aryl methyl sites for hydroxylation is 2. The van der Waals surface area contributed by atoms with E-state index in [1.54, 1.807) is 12.1 Å². The molecule has 1 aromatic heterocycles. The van der Waals surface area contributed by atoms with Crippen LogP contribution in [0.1, 0.15) is 45.3 Å². The summed E-state index contributed by atoms with van der Waals surface area (Å²) in [4.78, 5) is 24.4. The fourth-order valence-electron chi connectivity index (χ4n) is 2.97. The number of benzene rings is 2. The maximum absolute atomic E-state index is 12.5. The Morgan fingerprint density at radius 2 is 1.71 bits per heavy atom. The quantitative estimate of drug-likeness (QED) is 0.656. The molecule has 5 nitrogen and oxygen atoms in total. The summed E-state index contributed by atoms with van der Waals surface area (Å²) in [7, 11) is 0. The van der Waals surface area contributed by atoms with Crippen LogP contribution in [0, 0.1) is 13.8 Å². The van der Waals surface area contributed by atoms with Crippen molar-refractivity contribution in [3.63, 3.8) is 0 Å². The van der Waals surface area contributed by atoms with Crippen molar-refractivity contribution in [1.29, 1.82) is 0 Å². The van der Waals surface area contributed by atoms with E-state index >= 15 is 0 Å². The highest BCUT2D eigenvalue weighted by Crippen LogP contribution is 2.24. The third kappa shape index (κ3) is 4.88. The highest BCUT2D eigenvalue weighted by molar-refractivity contribution is 5.91. The fraction of sp³-hybridized carbons (Fsp3) is 0.217. The van der Waals surface area contributed by atoms with Crippen LogP contribution in [0.15, 0.2) is 71.3 Å². The second-order valence-corrected chi connectivity index (χ2v) is 6.74. The van der Waals surface area contributed by atoms with E-state index < -0.39 is 0 Å². The molecule has 1 atom stereocenters. The Bertz CT molecular complexity index is 934. The van der Waals surface area contributed by atoms with Gasteiger partial charge in [-0.15, -0.1) is 0 Å². The van der Waals surface area contributed by atoms with Crippen LogP contribution in [0.3, 0.4) is 0 Å². The molecule has 0 aliphatic carbocycles. The van der Waals surface area contributed by atoms with Crippen molar-refractivity contribution in [2.75, 3.05) is 6.54 Å². The molecule has 5 heteroatoms. The number of hydrogen-bond acceptors (Lipinski definition) is 3. The molecule has 0 radical (unpaired) electrons. The highest BCUT2D eigenvalue weighted by atomic mass is 16.3. The Labute approximate surface area is 164 Å². The van der Waals surface area contributed by atoms with Crippen molar-refractivity contribution < 1.29 is 14.0 Å². The SMILES string of the molecule is Cc1ccc([C@H](NC(=O)CCNC(=O)c2ccco2)c2ccccc2)cc1C. The first kappa shape index (κ1) is 19.4. The van der Waals surface area contributed by atoms with Gasteiger partial charge in [0, 0.05) is 13.0 Å². The summed E-state index contributed by atoms with van der Waals surface area (Å²) in [5.74, 6) is -0.226. The topological polar surface area (TPSA) is 71.3 Å². The second kappa shape index (κ2) is 9.04. The van der Waals surface area contributed by atoms with E-state index in [9.17, 15) is 9.59 Å². The molecule has 2 N–H and O–H groups in total. The molecule has 0 unspecified atom stereocenters. The van der Waals surface area contributed by atoms with Gasteiger partial charge in [-0.3, -0.25) is 9.59 Å². The summed E-state index contributed by atoms with van der Waals surface area (Å²) in [5.41, 5.74) is 4.43. The number of hydrogen-bond donors (Lipinski definition) is 2. The van der Waals surface area contributed by atoms with E-state index in [2.05, 4.69) is 36.6 Å². The molecular weight excluding hydrogens is 352 g/mol. The van der Waals surface area contributed by atoms with Gasteiger partial charge in [-0.25, -0.2) is 0 Å². The lowest BCUT2D eigenvalue weighted by Crippen LogP contribution is -2.33. The first-order valence-corrected chi connectivity index (χ1v) is 9.28. The van der Waals surface area contributed by atoms with E-state index in [-0.39, 0.29) is 36.6 Å². The molecule has 0 fully saturated rings. The number of carbonyl (C=O) groups is 2. The average Bonchev–Trinajstić information content (AvgIpc) is 3.24. The van der Waals surface area contributed by atoms with Gasteiger partial charge in [0.05, 0.1) is 12.3 Å². The van der Waals surface area contributed by atoms with Gasteiger partial charge in [0.2, 0.25) is 5.91 Å². The summed E-state index contributed by atoms with van der Waals surface area (Å²) in [5, 5.41) is 5.78.